The molecule has 1 aromatic carbocycles. The highest BCUT2D eigenvalue weighted by Gasteiger charge is 2.31. The zero-order chi connectivity index (χ0) is 27.3. The van der Waals surface area contributed by atoms with Crippen molar-refractivity contribution >= 4 is 23.7 Å². The van der Waals surface area contributed by atoms with Gasteiger partial charge in [0.2, 0.25) is 17.7 Å². The largest absolute Gasteiger partial charge is 0.508 e. The summed E-state index contributed by atoms with van der Waals surface area (Å²) in [7, 11) is 0. The highest BCUT2D eigenvalue weighted by atomic mass is 16.4. The topological polar surface area (TPSA) is 171 Å². The molecule has 36 heavy (non-hydrogen) atoms. The average molecular weight is 507 g/mol. The third-order valence-electron chi connectivity index (χ3n) is 6.19. The summed E-state index contributed by atoms with van der Waals surface area (Å²) in [6.45, 7) is 7.77. The van der Waals surface area contributed by atoms with E-state index < -0.39 is 35.9 Å². The van der Waals surface area contributed by atoms with Crippen LogP contribution in [-0.4, -0.2) is 58.6 Å². The summed E-state index contributed by atoms with van der Waals surface area (Å²) < 4.78 is 0. The Morgan fingerprint density at radius 1 is 0.917 bits per heavy atom. The second-order valence-corrected chi connectivity index (χ2v) is 9.57. The molecular formula is C26H42N4O6. The SMILES string of the molecule is CC[C@H](C)[C@H](NC(=O)[C@H](Cc1ccc(O)cc1)NC(=O)[C@@H](N)C(C)C)C(=O)NCCCCCC(=O)O. The number of unbranched alkanes of at least 4 members (excludes halogenated alkanes) is 2. The maximum Gasteiger partial charge on any atom is 0.303 e. The number of carboxylic acid groups (broad SMARTS) is 1. The summed E-state index contributed by atoms with van der Waals surface area (Å²) in [5, 5.41) is 26.6. The van der Waals surface area contributed by atoms with Crippen molar-refractivity contribution in [1.82, 2.24) is 16.0 Å². The third kappa shape index (κ3) is 11.1. The van der Waals surface area contributed by atoms with E-state index in [-0.39, 0.29) is 36.3 Å². The fourth-order valence-electron chi connectivity index (χ4n) is 3.50. The van der Waals surface area contributed by atoms with Gasteiger partial charge in [-0.2, -0.15) is 0 Å². The fraction of sp³-hybridized carbons (Fsp3) is 0.615. The Kier molecular flexibility index (Phi) is 13.5. The van der Waals surface area contributed by atoms with Gasteiger partial charge < -0.3 is 31.9 Å². The standard InChI is InChI=1S/C26H42N4O6/c1-5-17(4)23(26(36)28-14-8-6-7-9-21(32)33)30-24(34)20(29-25(35)22(27)16(2)3)15-18-10-12-19(31)13-11-18/h10-13,16-17,20,22-23,31H,5-9,14-15,27H2,1-4H3,(H,28,36)(H,29,35)(H,30,34)(H,32,33)/t17-,20-,22-,23-/m0/s1. The summed E-state index contributed by atoms with van der Waals surface area (Å²) in [6.07, 6.45) is 2.73. The number of amides is 3. The van der Waals surface area contributed by atoms with Gasteiger partial charge in [0.1, 0.15) is 17.8 Å². The number of phenolic OH excluding ortho intramolecular Hbond substituents is 1. The minimum absolute atomic E-state index is 0.0853. The summed E-state index contributed by atoms with van der Waals surface area (Å²) in [5.74, 6) is -2.35. The highest BCUT2D eigenvalue weighted by Crippen LogP contribution is 2.13. The van der Waals surface area contributed by atoms with E-state index in [1.807, 2.05) is 27.7 Å². The summed E-state index contributed by atoms with van der Waals surface area (Å²) in [6, 6.07) is 3.74. The predicted molar refractivity (Wildman–Crippen MR) is 137 cm³/mol. The number of rotatable bonds is 16. The first kappa shape index (κ1) is 30.9. The second kappa shape index (κ2) is 15.8. The first-order chi connectivity index (χ1) is 17.0. The van der Waals surface area contributed by atoms with E-state index in [0.29, 0.717) is 32.2 Å². The van der Waals surface area contributed by atoms with Crippen molar-refractivity contribution < 1.29 is 29.4 Å². The van der Waals surface area contributed by atoms with E-state index in [2.05, 4.69) is 16.0 Å². The molecule has 1 rings (SSSR count). The predicted octanol–water partition coefficient (Wildman–Crippen LogP) is 1.69. The van der Waals surface area contributed by atoms with Gasteiger partial charge in [0.25, 0.3) is 0 Å². The van der Waals surface area contributed by atoms with Gasteiger partial charge in [0.15, 0.2) is 0 Å². The van der Waals surface area contributed by atoms with E-state index in [4.69, 9.17) is 10.8 Å². The van der Waals surface area contributed by atoms with Crippen LogP contribution in [0.4, 0.5) is 0 Å². The number of carbonyl (C=O) groups excluding carboxylic acids is 3. The molecule has 0 fully saturated rings. The van der Waals surface area contributed by atoms with Crippen LogP contribution in [0.15, 0.2) is 24.3 Å². The van der Waals surface area contributed by atoms with E-state index in [0.717, 1.165) is 5.56 Å². The Labute approximate surface area is 213 Å². The van der Waals surface area contributed by atoms with Crippen molar-refractivity contribution in [2.24, 2.45) is 17.6 Å². The fourth-order valence-corrected chi connectivity index (χ4v) is 3.50. The van der Waals surface area contributed by atoms with Gasteiger partial charge in [-0.3, -0.25) is 19.2 Å². The van der Waals surface area contributed by atoms with Gasteiger partial charge >= 0.3 is 5.97 Å². The van der Waals surface area contributed by atoms with Crippen molar-refractivity contribution in [3.8, 4) is 5.75 Å². The van der Waals surface area contributed by atoms with Crippen LogP contribution >= 0.6 is 0 Å². The lowest BCUT2D eigenvalue weighted by molar-refractivity contribution is -0.137. The molecule has 10 nitrogen and oxygen atoms in total. The number of nitrogens with two attached hydrogens (primary N) is 1. The molecule has 10 heteroatoms. The molecule has 0 spiro atoms. The van der Waals surface area contributed by atoms with Crippen LogP contribution in [-0.2, 0) is 25.6 Å². The van der Waals surface area contributed by atoms with Crippen LogP contribution in [0.3, 0.4) is 0 Å². The van der Waals surface area contributed by atoms with Crippen LogP contribution < -0.4 is 21.7 Å². The lowest BCUT2D eigenvalue weighted by atomic mass is 9.96. The lowest BCUT2D eigenvalue weighted by Gasteiger charge is -2.27. The number of benzene rings is 1. The monoisotopic (exact) mass is 506 g/mol. The zero-order valence-corrected chi connectivity index (χ0v) is 21.8. The van der Waals surface area contributed by atoms with E-state index in [9.17, 15) is 24.3 Å². The number of carboxylic acids is 1. The zero-order valence-electron chi connectivity index (χ0n) is 21.8. The van der Waals surface area contributed by atoms with Crippen LogP contribution in [0.5, 0.6) is 5.75 Å². The van der Waals surface area contributed by atoms with Gasteiger partial charge in [-0.05, 0) is 42.4 Å². The number of hydrogen-bond donors (Lipinski definition) is 6. The maximum absolute atomic E-state index is 13.3. The number of nitrogens with one attached hydrogen (secondary N) is 3. The number of aromatic hydroxyl groups is 1. The summed E-state index contributed by atoms with van der Waals surface area (Å²) in [5.41, 5.74) is 6.69. The van der Waals surface area contributed by atoms with Gasteiger partial charge in [-0.15, -0.1) is 0 Å². The van der Waals surface area contributed by atoms with E-state index in [1.165, 1.54) is 12.1 Å². The Morgan fingerprint density at radius 3 is 2.11 bits per heavy atom. The van der Waals surface area contributed by atoms with Crippen LogP contribution in [0.2, 0.25) is 0 Å². The Balaban J connectivity index is 2.92. The molecule has 1 aromatic rings. The van der Waals surface area contributed by atoms with Crippen molar-refractivity contribution in [2.75, 3.05) is 6.54 Å². The van der Waals surface area contributed by atoms with Crippen molar-refractivity contribution in [3.05, 3.63) is 29.8 Å². The first-order valence-electron chi connectivity index (χ1n) is 12.6. The number of aliphatic carboxylic acids is 1. The minimum Gasteiger partial charge on any atom is -0.508 e. The van der Waals surface area contributed by atoms with Gasteiger partial charge in [0, 0.05) is 19.4 Å². The molecule has 202 valence electrons. The molecule has 0 aliphatic rings. The molecular weight excluding hydrogens is 464 g/mol. The first-order valence-corrected chi connectivity index (χ1v) is 12.6. The Hall–Kier alpha value is -3.14. The average Bonchev–Trinajstić information content (AvgIpc) is 2.83. The highest BCUT2D eigenvalue weighted by molar-refractivity contribution is 5.93. The molecule has 0 bridgehead atoms. The smallest absolute Gasteiger partial charge is 0.303 e. The van der Waals surface area contributed by atoms with Gasteiger partial charge in [-0.1, -0.05) is 52.7 Å². The summed E-state index contributed by atoms with van der Waals surface area (Å²) in [4.78, 5) is 49.5. The maximum atomic E-state index is 13.3. The number of hydrogen-bond acceptors (Lipinski definition) is 6. The van der Waals surface area contributed by atoms with Crippen molar-refractivity contribution in [2.45, 2.75) is 84.3 Å². The molecule has 0 saturated heterocycles. The molecule has 0 aliphatic heterocycles. The van der Waals surface area contributed by atoms with Gasteiger partial charge in [0.05, 0.1) is 6.04 Å². The third-order valence-corrected chi connectivity index (χ3v) is 6.19. The molecule has 0 radical (unpaired) electrons. The summed E-state index contributed by atoms with van der Waals surface area (Å²) >= 11 is 0. The molecule has 0 aromatic heterocycles. The molecule has 4 atom stereocenters. The molecule has 0 saturated carbocycles. The second-order valence-electron chi connectivity index (χ2n) is 9.57. The van der Waals surface area contributed by atoms with Crippen LogP contribution in [0.1, 0.15) is 65.4 Å². The molecule has 0 unspecified atom stereocenters. The minimum atomic E-state index is -0.970. The molecule has 7 N–H and O–H groups in total. The number of phenols is 1. The van der Waals surface area contributed by atoms with Crippen LogP contribution in [0, 0.1) is 11.8 Å². The van der Waals surface area contributed by atoms with Crippen molar-refractivity contribution in [1.29, 1.82) is 0 Å². The van der Waals surface area contributed by atoms with Crippen molar-refractivity contribution in [3.63, 3.8) is 0 Å². The molecule has 3 amide bonds. The number of carbonyl (C=O) groups is 4. The molecule has 0 aliphatic carbocycles. The molecule has 0 heterocycles. The Bertz CT molecular complexity index is 858. The normalized spacial score (nSPS) is 14.4. The van der Waals surface area contributed by atoms with Crippen LogP contribution in [0.25, 0.3) is 0 Å². The van der Waals surface area contributed by atoms with E-state index >= 15 is 0 Å². The quantitative estimate of drug-likeness (QED) is 0.185. The Morgan fingerprint density at radius 2 is 1.56 bits per heavy atom. The lowest BCUT2D eigenvalue weighted by Crippen LogP contribution is -2.58. The van der Waals surface area contributed by atoms with E-state index in [1.54, 1.807) is 12.1 Å². The van der Waals surface area contributed by atoms with Gasteiger partial charge in [-0.25, -0.2) is 0 Å².